The minimum atomic E-state index is -0.670. The Morgan fingerprint density at radius 3 is 1.07 bits per heavy atom. The van der Waals surface area contributed by atoms with Crippen molar-refractivity contribution in [3.05, 3.63) is 0 Å². The van der Waals surface area contributed by atoms with Crippen molar-refractivity contribution in [1.82, 2.24) is 0 Å². The van der Waals surface area contributed by atoms with Gasteiger partial charge in [0.1, 0.15) is 0 Å². The average Bonchev–Trinajstić information content (AvgIpc) is 2.97. The van der Waals surface area contributed by atoms with Gasteiger partial charge in [-0.05, 0) is 43.4 Å². The van der Waals surface area contributed by atoms with Crippen molar-refractivity contribution in [2.75, 3.05) is 0 Å². The number of unbranched alkanes of at least 4 members (excludes halogenated alkanes) is 14. The van der Waals surface area contributed by atoms with Crippen LogP contribution in [0.1, 0.15) is 208 Å². The fourth-order valence-electron chi connectivity index (χ4n) is 7.16. The summed E-state index contributed by atoms with van der Waals surface area (Å²) in [6.07, 6.45) is 30.7. The van der Waals surface area contributed by atoms with Crippen molar-refractivity contribution in [2.45, 2.75) is 208 Å². The van der Waals surface area contributed by atoms with Crippen molar-refractivity contribution in [1.29, 1.82) is 0 Å². The molecule has 0 aliphatic heterocycles. The second-order valence-electron chi connectivity index (χ2n) is 13.8. The van der Waals surface area contributed by atoms with Crippen molar-refractivity contribution in [2.24, 2.45) is 23.2 Å². The normalized spacial score (nSPS) is 15.3. The predicted molar refractivity (Wildman–Crippen MR) is 181 cm³/mol. The molecule has 3 unspecified atom stereocenters. The van der Waals surface area contributed by atoms with E-state index in [0.29, 0.717) is 24.2 Å². The molecule has 0 aromatic rings. The monoisotopic (exact) mass is 595 g/mol. The van der Waals surface area contributed by atoms with E-state index in [1.807, 2.05) is 0 Å². The number of carbonyl (C=O) groups is 2. The maximum Gasteiger partial charge on any atom is 0.309 e. The van der Waals surface area contributed by atoms with Gasteiger partial charge in [0, 0.05) is 6.42 Å². The SMILES string of the molecule is CCCCC(CC)CC(CC(CC)CCCC)(CC(CC)CCCCCCCCCCCCCCCC(=O)O)C(=O)O. The topological polar surface area (TPSA) is 74.6 Å². The number of carboxylic acid groups (broad SMARTS) is 2. The van der Waals surface area contributed by atoms with Gasteiger partial charge in [-0.25, -0.2) is 0 Å². The van der Waals surface area contributed by atoms with Crippen molar-refractivity contribution in [3.63, 3.8) is 0 Å². The lowest BCUT2D eigenvalue weighted by molar-refractivity contribution is -0.153. The molecular weight excluding hydrogens is 520 g/mol. The standard InChI is InChI=1S/C38H74O4/c1-6-11-26-33(8-3)30-38(37(41)42,31-34(9-4)27-12-7-2)32-35(10-5)28-24-22-20-18-16-14-13-15-17-19-21-23-25-29-36(39)40/h33-35H,6-32H2,1-5H3,(H,39,40)(H,41,42). The van der Waals surface area contributed by atoms with Crippen molar-refractivity contribution in [3.8, 4) is 0 Å². The van der Waals surface area contributed by atoms with Crippen LogP contribution in [-0.4, -0.2) is 22.2 Å². The van der Waals surface area contributed by atoms with E-state index in [-0.39, 0.29) is 0 Å². The highest BCUT2D eigenvalue weighted by atomic mass is 16.4. The molecule has 2 N–H and O–H groups in total. The van der Waals surface area contributed by atoms with Gasteiger partial charge in [0.2, 0.25) is 0 Å². The Bertz CT molecular complexity index is 613. The van der Waals surface area contributed by atoms with Gasteiger partial charge in [0.25, 0.3) is 0 Å². The zero-order valence-electron chi connectivity index (χ0n) is 29.0. The maximum absolute atomic E-state index is 13.1. The second kappa shape index (κ2) is 27.5. The quantitative estimate of drug-likeness (QED) is 0.0760. The van der Waals surface area contributed by atoms with Gasteiger partial charge in [0.05, 0.1) is 5.41 Å². The summed E-state index contributed by atoms with van der Waals surface area (Å²) in [5.74, 6) is 0.413. The minimum absolute atomic E-state index is 0.319. The molecule has 0 saturated carbocycles. The number of rotatable bonds is 32. The lowest BCUT2D eigenvalue weighted by Gasteiger charge is -2.38. The molecule has 0 saturated heterocycles. The highest BCUT2D eigenvalue weighted by Gasteiger charge is 2.42. The van der Waals surface area contributed by atoms with Crippen LogP contribution in [0.4, 0.5) is 0 Å². The van der Waals surface area contributed by atoms with Crippen LogP contribution < -0.4 is 0 Å². The third kappa shape index (κ3) is 20.8. The Hall–Kier alpha value is -1.06. The molecule has 0 aromatic heterocycles. The van der Waals surface area contributed by atoms with Crippen LogP contribution in [0.3, 0.4) is 0 Å². The molecule has 0 fully saturated rings. The predicted octanol–water partition coefficient (Wildman–Crippen LogP) is 12.6. The van der Waals surface area contributed by atoms with Crippen LogP contribution in [0, 0.1) is 23.2 Å². The lowest BCUT2D eigenvalue weighted by atomic mass is 9.65. The zero-order chi connectivity index (χ0) is 31.5. The van der Waals surface area contributed by atoms with E-state index in [9.17, 15) is 14.7 Å². The molecule has 0 rings (SSSR count). The van der Waals surface area contributed by atoms with Crippen LogP contribution in [0.5, 0.6) is 0 Å². The molecule has 0 heterocycles. The van der Waals surface area contributed by atoms with E-state index in [1.165, 1.54) is 116 Å². The van der Waals surface area contributed by atoms with Crippen LogP contribution in [0.2, 0.25) is 0 Å². The number of hydrogen-bond donors (Lipinski definition) is 2. The van der Waals surface area contributed by atoms with Crippen LogP contribution in [0.25, 0.3) is 0 Å². The number of hydrogen-bond acceptors (Lipinski definition) is 2. The summed E-state index contributed by atoms with van der Waals surface area (Å²) in [6, 6.07) is 0. The van der Waals surface area contributed by atoms with Crippen molar-refractivity contribution < 1.29 is 19.8 Å². The van der Waals surface area contributed by atoms with E-state index in [0.717, 1.165) is 51.4 Å². The first-order valence-corrected chi connectivity index (χ1v) is 18.7. The summed E-state index contributed by atoms with van der Waals surface area (Å²) < 4.78 is 0. The first-order valence-electron chi connectivity index (χ1n) is 18.7. The maximum atomic E-state index is 13.1. The van der Waals surface area contributed by atoms with E-state index in [1.54, 1.807) is 0 Å². The first-order chi connectivity index (χ1) is 20.3. The Balaban J connectivity index is 4.64. The molecule has 0 bridgehead atoms. The molecule has 0 aliphatic rings. The summed E-state index contributed by atoms with van der Waals surface area (Å²) in [5.41, 5.74) is -0.554. The fraction of sp³-hybridized carbons (Fsp3) is 0.947. The van der Waals surface area contributed by atoms with Gasteiger partial charge < -0.3 is 10.2 Å². The largest absolute Gasteiger partial charge is 0.481 e. The summed E-state index contributed by atoms with van der Waals surface area (Å²) in [6.45, 7) is 11.3. The Labute approximate surface area is 262 Å². The van der Waals surface area contributed by atoms with E-state index in [2.05, 4.69) is 34.6 Å². The minimum Gasteiger partial charge on any atom is -0.481 e. The third-order valence-corrected chi connectivity index (χ3v) is 10.2. The van der Waals surface area contributed by atoms with Gasteiger partial charge >= 0.3 is 11.9 Å². The molecule has 0 spiro atoms. The van der Waals surface area contributed by atoms with E-state index < -0.39 is 17.4 Å². The first kappa shape index (κ1) is 40.9. The van der Waals surface area contributed by atoms with Gasteiger partial charge in [0.15, 0.2) is 0 Å². The van der Waals surface area contributed by atoms with E-state index >= 15 is 0 Å². The molecule has 3 atom stereocenters. The highest BCUT2D eigenvalue weighted by Crippen LogP contribution is 2.45. The Morgan fingerprint density at radius 1 is 0.476 bits per heavy atom. The smallest absolute Gasteiger partial charge is 0.309 e. The average molecular weight is 595 g/mol. The molecule has 4 heteroatoms. The summed E-state index contributed by atoms with van der Waals surface area (Å²) in [7, 11) is 0. The summed E-state index contributed by atoms with van der Waals surface area (Å²) >= 11 is 0. The second-order valence-corrected chi connectivity index (χ2v) is 13.8. The molecule has 0 radical (unpaired) electrons. The number of carboxylic acids is 2. The molecule has 0 amide bonds. The van der Waals surface area contributed by atoms with Crippen LogP contribution >= 0.6 is 0 Å². The molecular formula is C38H74O4. The molecule has 0 aliphatic carbocycles. The molecule has 42 heavy (non-hydrogen) atoms. The third-order valence-electron chi connectivity index (χ3n) is 10.2. The zero-order valence-corrected chi connectivity index (χ0v) is 29.0. The van der Waals surface area contributed by atoms with E-state index in [4.69, 9.17) is 5.11 Å². The van der Waals surface area contributed by atoms with Crippen LogP contribution in [-0.2, 0) is 9.59 Å². The summed E-state index contributed by atoms with van der Waals surface area (Å²) in [5, 5.41) is 19.5. The molecule has 0 aromatic carbocycles. The van der Waals surface area contributed by atoms with Gasteiger partial charge in [-0.2, -0.15) is 0 Å². The highest BCUT2D eigenvalue weighted by molar-refractivity contribution is 5.74. The Kier molecular flexibility index (Phi) is 26.8. The van der Waals surface area contributed by atoms with Gasteiger partial charge in [-0.3, -0.25) is 9.59 Å². The lowest BCUT2D eigenvalue weighted by Crippen LogP contribution is -2.37. The van der Waals surface area contributed by atoms with Gasteiger partial charge in [-0.15, -0.1) is 0 Å². The fourth-order valence-corrected chi connectivity index (χ4v) is 7.16. The van der Waals surface area contributed by atoms with Crippen LogP contribution in [0.15, 0.2) is 0 Å². The van der Waals surface area contributed by atoms with Gasteiger partial charge in [-0.1, -0.05) is 176 Å². The van der Waals surface area contributed by atoms with Crippen molar-refractivity contribution >= 4 is 11.9 Å². The number of aliphatic carboxylic acids is 2. The molecule has 250 valence electrons. The Morgan fingerprint density at radius 2 is 0.786 bits per heavy atom. The molecule has 4 nitrogen and oxygen atoms in total. The summed E-state index contributed by atoms with van der Waals surface area (Å²) in [4.78, 5) is 23.7.